The molecule has 0 radical (unpaired) electrons. The molecule has 0 saturated carbocycles. The van der Waals surface area contributed by atoms with E-state index in [1.54, 1.807) is 19.2 Å². The summed E-state index contributed by atoms with van der Waals surface area (Å²) >= 11 is 0. The van der Waals surface area contributed by atoms with Crippen molar-refractivity contribution in [2.24, 2.45) is 0 Å². The quantitative estimate of drug-likeness (QED) is 0.611. The summed E-state index contributed by atoms with van der Waals surface area (Å²) in [5.74, 6) is 0. The van der Waals surface area contributed by atoms with Crippen LogP contribution in [0.2, 0.25) is 0 Å². The van der Waals surface area contributed by atoms with Crippen molar-refractivity contribution in [2.75, 3.05) is 19.0 Å². The first-order valence-electron chi connectivity index (χ1n) is 5.59. The molecule has 0 aromatic heterocycles. The average Bonchev–Trinajstić information content (AvgIpc) is 2.30. The molecule has 1 N–H and O–H groups in total. The Labute approximate surface area is 101 Å². The number of nitrogens with zero attached hydrogens (tertiary/aromatic N) is 1. The summed E-state index contributed by atoms with van der Waals surface area (Å²) in [5.41, 5.74) is 1.53. The minimum atomic E-state index is -0.366. The summed E-state index contributed by atoms with van der Waals surface area (Å²) in [6, 6.07) is 5.25. The lowest BCUT2D eigenvalue weighted by Gasteiger charge is -2.17. The highest BCUT2D eigenvalue weighted by atomic mass is 16.6. The Morgan fingerprint density at radius 3 is 2.76 bits per heavy atom. The first-order valence-corrected chi connectivity index (χ1v) is 5.59. The van der Waals surface area contributed by atoms with Gasteiger partial charge in [0.05, 0.1) is 11.5 Å². The van der Waals surface area contributed by atoms with Crippen LogP contribution in [0.1, 0.15) is 18.9 Å². The normalized spacial score (nSPS) is 12.2. The number of hydrogen-bond donors (Lipinski definition) is 1. The number of benzene rings is 1. The SMILES string of the molecule is CCC(COC)Nc1ccc(C)cc1[N+](=O)[O-]. The Hall–Kier alpha value is -1.62. The lowest BCUT2D eigenvalue weighted by atomic mass is 10.1. The van der Waals surface area contributed by atoms with E-state index in [-0.39, 0.29) is 16.7 Å². The molecule has 0 aliphatic rings. The molecule has 1 atom stereocenters. The van der Waals surface area contributed by atoms with E-state index in [4.69, 9.17) is 4.74 Å². The van der Waals surface area contributed by atoms with Gasteiger partial charge in [0.25, 0.3) is 5.69 Å². The molecule has 0 saturated heterocycles. The highest BCUT2D eigenvalue weighted by Crippen LogP contribution is 2.26. The van der Waals surface area contributed by atoms with Gasteiger partial charge in [-0.2, -0.15) is 0 Å². The number of nitro groups is 1. The number of aryl methyl sites for hydroxylation is 1. The number of rotatable bonds is 6. The van der Waals surface area contributed by atoms with Crippen molar-refractivity contribution in [3.63, 3.8) is 0 Å². The summed E-state index contributed by atoms with van der Waals surface area (Å²) in [4.78, 5) is 10.6. The first-order chi connectivity index (χ1) is 8.08. The number of methoxy groups -OCH3 is 1. The van der Waals surface area contributed by atoms with Gasteiger partial charge in [0, 0.05) is 19.2 Å². The number of hydrogen-bond acceptors (Lipinski definition) is 4. The Balaban J connectivity index is 2.92. The fourth-order valence-corrected chi connectivity index (χ4v) is 1.60. The Kier molecular flexibility index (Phi) is 4.90. The van der Waals surface area contributed by atoms with E-state index >= 15 is 0 Å². The lowest BCUT2D eigenvalue weighted by molar-refractivity contribution is -0.384. The van der Waals surface area contributed by atoms with Gasteiger partial charge in [0.15, 0.2) is 0 Å². The molecular formula is C12H18N2O3. The van der Waals surface area contributed by atoms with E-state index in [1.165, 1.54) is 0 Å². The zero-order chi connectivity index (χ0) is 12.8. The van der Waals surface area contributed by atoms with Crippen molar-refractivity contribution in [1.82, 2.24) is 0 Å². The Morgan fingerprint density at radius 2 is 2.24 bits per heavy atom. The second kappa shape index (κ2) is 6.20. The Bertz CT molecular complexity index is 393. The van der Waals surface area contributed by atoms with Crippen LogP contribution in [0.25, 0.3) is 0 Å². The van der Waals surface area contributed by atoms with Crippen molar-refractivity contribution in [1.29, 1.82) is 0 Å². The molecular weight excluding hydrogens is 220 g/mol. The smallest absolute Gasteiger partial charge is 0.292 e. The predicted octanol–water partition coefficient (Wildman–Crippen LogP) is 2.74. The standard InChI is InChI=1S/C12H18N2O3/c1-4-10(8-17-3)13-11-6-5-9(2)7-12(11)14(15)16/h5-7,10,13H,4,8H2,1-3H3. The summed E-state index contributed by atoms with van der Waals surface area (Å²) < 4.78 is 5.06. The first kappa shape index (κ1) is 13.4. The molecule has 0 fully saturated rings. The van der Waals surface area contributed by atoms with Gasteiger partial charge in [-0.05, 0) is 25.0 Å². The van der Waals surface area contributed by atoms with E-state index in [0.29, 0.717) is 12.3 Å². The van der Waals surface area contributed by atoms with Crippen LogP contribution in [0, 0.1) is 17.0 Å². The van der Waals surface area contributed by atoms with Crippen molar-refractivity contribution >= 4 is 11.4 Å². The van der Waals surface area contributed by atoms with Gasteiger partial charge in [-0.1, -0.05) is 13.0 Å². The highest BCUT2D eigenvalue weighted by Gasteiger charge is 2.16. The molecule has 5 nitrogen and oxygen atoms in total. The van der Waals surface area contributed by atoms with Gasteiger partial charge in [-0.15, -0.1) is 0 Å². The third kappa shape index (κ3) is 3.71. The fraction of sp³-hybridized carbons (Fsp3) is 0.500. The number of anilines is 1. The summed E-state index contributed by atoms with van der Waals surface area (Å²) in [7, 11) is 1.62. The van der Waals surface area contributed by atoms with Crippen LogP contribution >= 0.6 is 0 Å². The molecule has 1 aromatic rings. The molecule has 0 heterocycles. The second-order valence-corrected chi connectivity index (χ2v) is 3.98. The molecule has 17 heavy (non-hydrogen) atoms. The van der Waals surface area contributed by atoms with Gasteiger partial charge < -0.3 is 10.1 Å². The number of ether oxygens (including phenoxy) is 1. The van der Waals surface area contributed by atoms with Crippen LogP contribution in [0.4, 0.5) is 11.4 Å². The molecule has 1 unspecified atom stereocenters. The summed E-state index contributed by atoms with van der Waals surface area (Å²) in [6.45, 7) is 4.38. The third-order valence-corrected chi connectivity index (χ3v) is 2.57. The monoisotopic (exact) mass is 238 g/mol. The minimum Gasteiger partial charge on any atom is -0.383 e. The maximum atomic E-state index is 10.9. The van der Waals surface area contributed by atoms with Crippen LogP contribution < -0.4 is 5.32 Å². The van der Waals surface area contributed by atoms with Crippen molar-refractivity contribution < 1.29 is 9.66 Å². The molecule has 0 aliphatic heterocycles. The van der Waals surface area contributed by atoms with Crippen LogP contribution in [-0.2, 0) is 4.74 Å². The maximum Gasteiger partial charge on any atom is 0.292 e. The Morgan fingerprint density at radius 1 is 1.53 bits per heavy atom. The van der Waals surface area contributed by atoms with Gasteiger partial charge in [0.1, 0.15) is 5.69 Å². The van der Waals surface area contributed by atoms with Gasteiger partial charge in [0.2, 0.25) is 0 Å². The molecule has 1 rings (SSSR count). The zero-order valence-electron chi connectivity index (χ0n) is 10.4. The van der Waals surface area contributed by atoms with Crippen molar-refractivity contribution in [3.8, 4) is 0 Å². The van der Waals surface area contributed by atoms with Crippen LogP contribution in [0.15, 0.2) is 18.2 Å². The summed E-state index contributed by atoms with van der Waals surface area (Å²) in [6.07, 6.45) is 0.846. The number of nitro benzene ring substituents is 1. The van der Waals surface area contributed by atoms with Crippen LogP contribution in [0.5, 0.6) is 0 Å². The fourth-order valence-electron chi connectivity index (χ4n) is 1.60. The van der Waals surface area contributed by atoms with Gasteiger partial charge >= 0.3 is 0 Å². The highest BCUT2D eigenvalue weighted by molar-refractivity contribution is 5.62. The second-order valence-electron chi connectivity index (χ2n) is 3.98. The number of nitrogens with one attached hydrogen (secondary N) is 1. The zero-order valence-corrected chi connectivity index (χ0v) is 10.4. The maximum absolute atomic E-state index is 10.9. The van der Waals surface area contributed by atoms with E-state index in [0.717, 1.165) is 12.0 Å². The van der Waals surface area contributed by atoms with Crippen LogP contribution in [0.3, 0.4) is 0 Å². The summed E-state index contributed by atoms with van der Waals surface area (Å²) in [5, 5.41) is 14.1. The molecule has 0 aliphatic carbocycles. The largest absolute Gasteiger partial charge is 0.383 e. The van der Waals surface area contributed by atoms with E-state index in [9.17, 15) is 10.1 Å². The molecule has 0 bridgehead atoms. The topological polar surface area (TPSA) is 64.4 Å². The van der Waals surface area contributed by atoms with Crippen LogP contribution in [-0.4, -0.2) is 24.7 Å². The van der Waals surface area contributed by atoms with Crippen molar-refractivity contribution in [3.05, 3.63) is 33.9 Å². The molecule has 0 spiro atoms. The average molecular weight is 238 g/mol. The van der Waals surface area contributed by atoms with E-state index < -0.39 is 0 Å². The van der Waals surface area contributed by atoms with Crippen molar-refractivity contribution in [2.45, 2.75) is 26.3 Å². The van der Waals surface area contributed by atoms with Gasteiger partial charge in [-0.3, -0.25) is 10.1 Å². The molecule has 94 valence electrons. The van der Waals surface area contributed by atoms with E-state index in [1.807, 2.05) is 19.9 Å². The van der Waals surface area contributed by atoms with Gasteiger partial charge in [-0.25, -0.2) is 0 Å². The van der Waals surface area contributed by atoms with E-state index in [2.05, 4.69) is 5.32 Å². The molecule has 1 aromatic carbocycles. The molecule has 0 amide bonds. The predicted molar refractivity (Wildman–Crippen MR) is 67.4 cm³/mol. The lowest BCUT2D eigenvalue weighted by Crippen LogP contribution is -2.24. The third-order valence-electron chi connectivity index (χ3n) is 2.57. The minimum absolute atomic E-state index is 0.0846. The molecule has 5 heteroatoms.